The average molecular weight is 178 g/mol. The van der Waals surface area contributed by atoms with Crippen molar-refractivity contribution in [3.63, 3.8) is 0 Å². The molecule has 13 heavy (non-hydrogen) atoms. The summed E-state index contributed by atoms with van der Waals surface area (Å²) in [5.41, 5.74) is 7.01. The van der Waals surface area contributed by atoms with Crippen LogP contribution in [0.25, 0.3) is 0 Å². The van der Waals surface area contributed by atoms with Gasteiger partial charge in [-0.1, -0.05) is 17.2 Å². The van der Waals surface area contributed by atoms with E-state index in [1.165, 1.54) is 27.9 Å². The van der Waals surface area contributed by atoms with Crippen molar-refractivity contribution < 1.29 is 0 Å². The van der Waals surface area contributed by atoms with E-state index in [1.807, 2.05) is 0 Å². The monoisotopic (exact) mass is 178 g/mol. The maximum atomic E-state index is 2.20. The van der Waals surface area contributed by atoms with E-state index in [0.717, 1.165) is 0 Å². The lowest BCUT2D eigenvalue weighted by atomic mass is 9.96. The molecule has 0 saturated carbocycles. The first-order valence-corrected chi connectivity index (χ1v) is 4.87. The van der Waals surface area contributed by atoms with E-state index in [-0.39, 0.29) is 0 Å². The van der Waals surface area contributed by atoms with Crippen molar-refractivity contribution in [2.75, 3.05) is 0 Å². The van der Waals surface area contributed by atoms with Crippen molar-refractivity contribution in [3.05, 3.63) is 33.9 Å². The number of hydrogen-bond donors (Lipinski definition) is 0. The fraction of sp³-hybridized carbons (Fsp3) is 0.538. The predicted molar refractivity (Wildman–Crippen MR) is 61.9 cm³/mol. The number of rotatable bonds is 2. The quantitative estimate of drug-likeness (QED) is 0.540. The SMILES string of the molecule is C/C=C(\C)C(C)=C(C)C(C)=C(C)C. The Bertz CT molecular complexity index is 268. The van der Waals surface area contributed by atoms with Crippen molar-refractivity contribution in [3.8, 4) is 0 Å². The molecule has 0 radical (unpaired) electrons. The van der Waals surface area contributed by atoms with Gasteiger partial charge >= 0.3 is 0 Å². The smallest absolute Gasteiger partial charge is 0.0392 e. The normalized spacial score (nSPS) is 13.9. The van der Waals surface area contributed by atoms with Crippen molar-refractivity contribution in [2.24, 2.45) is 0 Å². The highest BCUT2D eigenvalue weighted by atomic mass is 14.1. The van der Waals surface area contributed by atoms with Crippen molar-refractivity contribution in [2.45, 2.75) is 48.5 Å². The molecular formula is C13H22. The van der Waals surface area contributed by atoms with Crippen LogP contribution in [0.5, 0.6) is 0 Å². The van der Waals surface area contributed by atoms with Crippen molar-refractivity contribution in [1.29, 1.82) is 0 Å². The molecule has 0 aromatic heterocycles. The second kappa shape index (κ2) is 5.06. The molecule has 0 aliphatic carbocycles. The number of allylic oxidation sites excluding steroid dienone is 6. The highest BCUT2D eigenvalue weighted by molar-refractivity contribution is 5.42. The maximum Gasteiger partial charge on any atom is -0.0392 e. The molecule has 0 spiro atoms. The minimum absolute atomic E-state index is 1.37. The van der Waals surface area contributed by atoms with E-state index in [2.05, 4.69) is 54.5 Å². The fourth-order valence-corrected chi connectivity index (χ4v) is 1.17. The van der Waals surface area contributed by atoms with Gasteiger partial charge < -0.3 is 0 Å². The van der Waals surface area contributed by atoms with E-state index < -0.39 is 0 Å². The highest BCUT2D eigenvalue weighted by Gasteiger charge is 2.01. The second-order valence-electron chi connectivity index (χ2n) is 3.85. The summed E-state index contributed by atoms with van der Waals surface area (Å²) in [4.78, 5) is 0. The summed E-state index contributed by atoms with van der Waals surface area (Å²) in [6, 6.07) is 0. The molecule has 0 bridgehead atoms. The van der Waals surface area contributed by atoms with Crippen LogP contribution in [-0.4, -0.2) is 0 Å². The standard InChI is InChI=1S/C13H22/c1-8-10(4)12(6)13(7)11(5)9(2)3/h8H,1-7H3/b10-8+,13-12?. The van der Waals surface area contributed by atoms with E-state index >= 15 is 0 Å². The molecule has 0 aromatic rings. The summed E-state index contributed by atoms with van der Waals surface area (Å²) in [5.74, 6) is 0. The first-order chi connectivity index (χ1) is 5.91. The Morgan fingerprint density at radius 1 is 0.692 bits per heavy atom. The Hall–Kier alpha value is -0.780. The van der Waals surface area contributed by atoms with Gasteiger partial charge in [0.15, 0.2) is 0 Å². The molecule has 0 N–H and O–H groups in total. The van der Waals surface area contributed by atoms with Gasteiger partial charge in [-0.3, -0.25) is 0 Å². The van der Waals surface area contributed by atoms with Gasteiger partial charge in [0.1, 0.15) is 0 Å². The van der Waals surface area contributed by atoms with E-state index in [1.54, 1.807) is 0 Å². The molecule has 74 valence electrons. The molecule has 0 rings (SSSR count). The second-order valence-corrected chi connectivity index (χ2v) is 3.85. The molecule has 0 nitrogen and oxygen atoms in total. The van der Waals surface area contributed by atoms with E-state index in [0.29, 0.717) is 0 Å². The molecular weight excluding hydrogens is 156 g/mol. The Balaban J connectivity index is 5.17. The van der Waals surface area contributed by atoms with Crippen molar-refractivity contribution in [1.82, 2.24) is 0 Å². The zero-order valence-corrected chi connectivity index (χ0v) is 10.1. The molecule has 0 heteroatoms. The predicted octanol–water partition coefficient (Wildman–Crippen LogP) is 4.65. The maximum absolute atomic E-state index is 2.20. The third-order valence-corrected chi connectivity index (χ3v) is 2.90. The zero-order valence-electron chi connectivity index (χ0n) is 10.1. The van der Waals surface area contributed by atoms with Crippen LogP contribution in [-0.2, 0) is 0 Å². The largest absolute Gasteiger partial charge is 0.0844 e. The first kappa shape index (κ1) is 12.2. The summed E-state index contributed by atoms with van der Waals surface area (Å²) in [6.45, 7) is 15.2. The van der Waals surface area contributed by atoms with Crippen LogP contribution in [0, 0.1) is 0 Å². The first-order valence-electron chi connectivity index (χ1n) is 4.87. The molecule has 0 saturated heterocycles. The summed E-state index contributed by atoms with van der Waals surface area (Å²) < 4.78 is 0. The van der Waals surface area contributed by atoms with Crippen LogP contribution in [0.2, 0.25) is 0 Å². The molecule has 0 unspecified atom stereocenters. The van der Waals surface area contributed by atoms with Crippen LogP contribution in [0.3, 0.4) is 0 Å². The minimum atomic E-state index is 1.37. The summed E-state index contributed by atoms with van der Waals surface area (Å²) in [6.07, 6.45) is 2.16. The minimum Gasteiger partial charge on any atom is -0.0844 e. The van der Waals surface area contributed by atoms with Gasteiger partial charge in [0, 0.05) is 0 Å². The highest BCUT2D eigenvalue weighted by Crippen LogP contribution is 2.21. The molecule has 0 aliphatic rings. The number of hydrogen-bond acceptors (Lipinski definition) is 0. The Kier molecular flexibility index (Phi) is 4.76. The van der Waals surface area contributed by atoms with Gasteiger partial charge in [0.2, 0.25) is 0 Å². The van der Waals surface area contributed by atoms with E-state index in [9.17, 15) is 0 Å². The van der Waals surface area contributed by atoms with Gasteiger partial charge in [0.25, 0.3) is 0 Å². The lowest BCUT2D eigenvalue weighted by Gasteiger charge is -2.10. The fourth-order valence-electron chi connectivity index (χ4n) is 1.17. The van der Waals surface area contributed by atoms with Gasteiger partial charge in [-0.15, -0.1) is 0 Å². The van der Waals surface area contributed by atoms with Crippen LogP contribution in [0.4, 0.5) is 0 Å². The molecule has 0 fully saturated rings. The molecule has 0 aliphatic heterocycles. The Morgan fingerprint density at radius 3 is 1.46 bits per heavy atom. The molecule has 0 atom stereocenters. The summed E-state index contributed by atoms with van der Waals surface area (Å²) >= 11 is 0. The van der Waals surface area contributed by atoms with Crippen LogP contribution < -0.4 is 0 Å². The summed E-state index contributed by atoms with van der Waals surface area (Å²) in [7, 11) is 0. The van der Waals surface area contributed by atoms with Crippen LogP contribution in [0.1, 0.15) is 48.5 Å². The average Bonchev–Trinajstić information content (AvgIpc) is 2.12. The topological polar surface area (TPSA) is 0 Å². The van der Waals surface area contributed by atoms with Gasteiger partial charge in [-0.25, -0.2) is 0 Å². The van der Waals surface area contributed by atoms with Gasteiger partial charge in [-0.2, -0.15) is 0 Å². The lowest BCUT2D eigenvalue weighted by molar-refractivity contribution is 1.17. The lowest BCUT2D eigenvalue weighted by Crippen LogP contribution is -1.90. The molecule has 0 heterocycles. The molecule has 0 aromatic carbocycles. The van der Waals surface area contributed by atoms with Gasteiger partial charge in [-0.05, 0) is 65.2 Å². The third kappa shape index (κ3) is 3.22. The van der Waals surface area contributed by atoms with E-state index in [4.69, 9.17) is 0 Å². The van der Waals surface area contributed by atoms with Crippen LogP contribution >= 0.6 is 0 Å². The zero-order chi connectivity index (χ0) is 10.6. The third-order valence-electron chi connectivity index (χ3n) is 2.90. The molecule has 0 amide bonds. The Morgan fingerprint density at radius 2 is 1.15 bits per heavy atom. The van der Waals surface area contributed by atoms with Gasteiger partial charge in [0.05, 0.1) is 0 Å². The Labute approximate surface area is 83.0 Å². The van der Waals surface area contributed by atoms with Crippen molar-refractivity contribution >= 4 is 0 Å². The summed E-state index contributed by atoms with van der Waals surface area (Å²) in [5, 5.41) is 0. The van der Waals surface area contributed by atoms with Crippen LogP contribution in [0.15, 0.2) is 33.9 Å².